The summed E-state index contributed by atoms with van der Waals surface area (Å²) in [6.07, 6.45) is 0. The first kappa shape index (κ1) is 15.2. The highest BCUT2D eigenvalue weighted by atomic mass is 35.5. The lowest BCUT2D eigenvalue weighted by atomic mass is 10.2. The molecular formula is C13H19ClN2OSi. The molecule has 0 N–H and O–H groups in total. The maximum absolute atomic E-state index is 8.87. The van der Waals surface area contributed by atoms with Crippen LogP contribution in [0, 0.1) is 11.3 Å². The fourth-order valence-corrected chi connectivity index (χ4v) is 2.20. The largest absolute Gasteiger partial charge is 0.411 e. The zero-order valence-electron chi connectivity index (χ0n) is 11.5. The first-order chi connectivity index (χ1) is 8.17. The third-order valence-electron chi connectivity index (χ3n) is 3.40. The monoisotopic (exact) mass is 282 g/mol. The minimum Gasteiger partial charge on any atom is -0.411 e. The predicted octanol–water partition coefficient (Wildman–Crippen LogP) is 4.13. The quantitative estimate of drug-likeness (QED) is 0.783. The van der Waals surface area contributed by atoms with Crippen molar-refractivity contribution in [2.24, 2.45) is 0 Å². The van der Waals surface area contributed by atoms with Gasteiger partial charge in [-0.15, -0.1) is 0 Å². The van der Waals surface area contributed by atoms with Crippen molar-refractivity contribution in [2.45, 2.75) is 45.5 Å². The molecule has 5 heteroatoms. The Morgan fingerprint density at radius 3 is 2.50 bits per heavy atom. The average Bonchev–Trinajstić information content (AvgIpc) is 2.26. The second-order valence-electron chi connectivity index (χ2n) is 5.79. The van der Waals surface area contributed by atoms with E-state index in [-0.39, 0.29) is 10.7 Å². The van der Waals surface area contributed by atoms with Crippen molar-refractivity contribution in [1.82, 2.24) is 4.98 Å². The lowest BCUT2D eigenvalue weighted by Gasteiger charge is -2.36. The lowest BCUT2D eigenvalue weighted by Crippen LogP contribution is -2.40. The second-order valence-corrected chi connectivity index (χ2v) is 11.0. The van der Waals surface area contributed by atoms with E-state index in [0.29, 0.717) is 11.6 Å². The molecule has 3 nitrogen and oxygen atoms in total. The van der Waals surface area contributed by atoms with Gasteiger partial charge < -0.3 is 4.43 Å². The number of pyridine rings is 1. The van der Waals surface area contributed by atoms with Crippen molar-refractivity contribution in [3.8, 4) is 6.07 Å². The minimum absolute atomic E-state index is 0.164. The normalized spacial score (nSPS) is 12.3. The Morgan fingerprint density at radius 2 is 2.00 bits per heavy atom. The number of aromatic nitrogens is 1. The van der Waals surface area contributed by atoms with Gasteiger partial charge in [-0.05, 0) is 30.3 Å². The van der Waals surface area contributed by atoms with E-state index in [9.17, 15) is 0 Å². The van der Waals surface area contributed by atoms with E-state index < -0.39 is 8.32 Å². The summed E-state index contributed by atoms with van der Waals surface area (Å²) in [4.78, 5) is 4.18. The number of hydrogen-bond donors (Lipinski definition) is 0. The van der Waals surface area contributed by atoms with Crippen LogP contribution in [0.15, 0.2) is 12.1 Å². The molecule has 1 aromatic rings. The van der Waals surface area contributed by atoms with E-state index in [1.54, 1.807) is 12.1 Å². The standard InChI is InChI=1S/C13H19ClN2OSi/c1-13(2,3)18(4,5)17-9-10-6-7-11(14)12(8-15)16-10/h6-7H,9H2,1-5H3. The summed E-state index contributed by atoms with van der Waals surface area (Å²) in [6, 6.07) is 5.47. The van der Waals surface area contributed by atoms with E-state index in [0.717, 1.165) is 5.69 Å². The maximum Gasteiger partial charge on any atom is 0.192 e. The fraction of sp³-hybridized carbons (Fsp3) is 0.538. The van der Waals surface area contributed by atoms with Gasteiger partial charge in [-0.1, -0.05) is 32.4 Å². The van der Waals surface area contributed by atoms with E-state index in [4.69, 9.17) is 21.3 Å². The van der Waals surface area contributed by atoms with Gasteiger partial charge in [0.05, 0.1) is 17.3 Å². The SMILES string of the molecule is CC(C)(C)[Si](C)(C)OCc1ccc(Cl)c(C#N)n1. The number of halogens is 1. The Kier molecular flexibility index (Phi) is 4.54. The van der Waals surface area contributed by atoms with Gasteiger partial charge in [-0.3, -0.25) is 0 Å². The van der Waals surface area contributed by atoms with E-state index in [2.05, 4.69) is 38.8 Å². The van der Waals surface area contributed by atoms with Gasteiger partial charge in [0.25, 0.3) is 0 Å². The third-order valence-corrected chi connectivity index (χ3v) is 8.18. The smallest absolute Gasteiger partial charge is 0.192 e. The molecule has 0 amide bonds. The molecular weight excluding hydrogens is 264 g/mol. The minimum atomic E-state index is -1.78. The molecule has 0 spiro atoms. The van der Waals surface area contributed by atoms with E-state index in [1.165, 1.54) is 0 Å². The van der Waals surface area contributed by atoms with Crippen LogP contribution in [0.1, 0.15) is 32.2 Å². The molecule has 0 aliphatic heterocycles. The van der Waals surface area contributed by atoms with Crippen molar-refractivity contribution < 1.29 is 4.43 Å². The van der Waals surface area contributed by atoms with Crippen molar-refractivity contribution in [1.29, 1.82) is 5.26 Å². The van der Waals surface area contributed by atoms with Crippen LogP contribution in [-0.4, -0.2) is 13.3 Å². The van der Waals surface area contributed by atoms with Gasteiger partial charge >= 0.3 is 0 Å². The Hall–Kier alpha value is -0.893. The van der Waals surface area contributed by atoms with Gasteiger partial charge in [-0.25, -0.2) is 4.98 Å². The third kappa shape index (κ3) is 3.55. The number of hydrogen-bond acceptors (Lipinski definition) is 3. The first-order valence-electron chi connectivity index (χ1n) is 5.87. The summed E-state index contributed by atoms with van der Waals surface area (Å²) in [5, 5.41) is 9.42. The van der Waals surface area contributed by atoms with Crippen LogP contribution in [0.2, 0.25) is 23.2 Å². The lowest BCUT2D eigenvalue weighted by molar-refractivity contribution is 0.272. The van der Waals surface area contributed by atoms with Gasteiger partial charge in [0, 0.05) is 0 Å². The van der Waals surface area contributed by atoms with Crippen LogP contribution >= 0.6 is 11.6 Å². The Bertz CT molecular complexity index is 475. The molecule has 0 radical (unpaired) electrons. The predicted molar refractivity (Wildman–Crippen MR) is 75.9 cm³/mol. The molecule has 0 aliphatic carbocycles. The summed E-state index contributed by atoms with van der Waals surface area (Å²) in [7, 11) is -1.78. The summed E-state index contributed by atoms with van der Waals surface area (Å²) in [5.41, 5.74) is 1.01. The van der Waals surface area contributed by atoms with Crippen molar-refractivity contribution in [3.63, 3.8) is 0 Å². The van der Waals surface area contributed by atoms with Crippen molar-refractivity contribution in [2.75, 3.05) is 0 Å². The molecule has 1 heterocycles. The summed E-state index contributed by atoms with van der Waals surface area (Å²) < 4.78 is 6.04. The summed E-state index contributed by atoms with van der Waals surface area (Å²) >= 11 is 5.84. The summed E-state index contributed by atoms with van der Waals surface area (Å²) in [5.74, 6) is 0. The van der Waals surface area contributed by atoms with Gasteiger partial charge in [0.1, 0.15) is 6.07 Å². The molecule has 0 aromatic carbocycles. The number of nitrogens with zero attached hydrogens (tertiary/aromatic N) is 2. The molecule has 98 valence electrons. The highest BCUT2D eigenvalue weighted by Gasteiger charge is 2.37. The van der Waals surface area contributed by atoms with Crippen LogP contribution in [-0.2, 0) is 11.0 Å². The summed E-state index contributed by atoms with van der Waals surface area (Å²) in [6.45, 7) is 11.4. The highest BCUT2D eigenvalue weighted by molar-refractivity contribution is 6.74. The maximum atomic E-state index is 8.87. The topological polar surface area (TPSA) is 45.9 Å². The second kappa shape index (κ2) is 5.39. The zero-order valence-corrected chi connectivity index (χ0v) is 13.3. The van der Waals surface area contributed by atoms with Crippen LogP contribution in [0.3, 0.4) is 0 Å². The van der Waals surface area contributed by atoms with Crippen LogP contribution in [0.5, 0.6) is 0 Å². The molecule has 0 bridgehead atoms. The Labute approximate surface area is 115 Å². The highest BCUT2D eigenvalue weighted by Crippen LogP contribution is 2.37. The average molecular weight is 283 g/mol. The molecule has 0 saturated heterocycles. The molecule has 0 saturated carbocycles. The molecule has 0 aliphatic rings. The molecule has 0 atom stereocenters. The Balaban J connectivity index is 2.79. The van der Waals surface area contributed by atoms with Gasteiger partial charge in [0.2, 0.25) is 0 Å². The van der Waals surface area contributed by atoms with E-state index in [1.807, 2.05) is 6.07 Å². The molecule has 0 fully saturated rings. The van der Waals surface area contributed by atoms with Crippen molar-refractivity contribution in [3.05, 3.63) is 28.5 Å². The number of nitriles is 1. The Morgan fingerprint density at radius 1 is 1.39 bits per heavy atom. The van der Waals surface area contributed by atoms with Crippen LogP contribution < -0.4 is 0 Å². The molecule has 18 heavy (non-hydrogen) atoms. The van der Waals surface area contributed by atoms with Gasteiger partial charge in [-0.2, -0.15) is 5.26 Å². The molecule has 0 unspecified atom stereocenters. The van der Waals surface area contributed by atoms with Crippen molar-refractivity contribution >= 4 is 19.9 Å². The molecule has 1 aromatic heterocycles. The van der Waals surface area contributed by atoms with Crippen LogP contribution in [0.4, 0.5) is 0 Å². The first-order valence-corrected chi connectivity index (χ1v) is 9.15. The zero-order chi connectivity index (χ0) is 14.0. The van der Waals surface area contributed by atoms with E-state index >= 15 is 0 Å². The van der Waals surface area contributed by atoms with Gasteiger partial charge in [0.15, 0.2) is 14.0 Å². The van der Waals surface area contributed by atoms with Crippen LogP contribution in [0.25, 0.3) is 0 Å². The molecule has 1 rings (SSSR count). The fourth-order valence-electron chi connectivity index (χ4n) is 1.11. The number of rotatable bonds is 3.